The molecule has 0 aliphatic heterocycles. The van der Waals surface area contributed by atoms with Gasteiger partial charge in [0.15, 0.2) is 0 Å². The number of nitrogens with zero attached hydrogens (tertiary/aromatic N) is 1. The van der Waals surface area contributed by atoms with Gasteiger partial charge in [-0.1, -0.05) is 41.5 Å². The second-order valence-corrected chi connectivity index (χ2v) is 12.0. The Kier molecular flexibility index (Phi) is 13.6. The van der Waals surface area contributed by atoms with Gasteiger partial charge < -0.3 is 26.2 Å². The van der Waals surface area contributed by atoms with Gasteiger partial charge in [-0.3, -0.25) is 24.5 Å². The van der Waals surface area contributed by atoms with Gasteiger partial charge in [-0.2, -0.15) is 0 Å². The molecule has 39 heavy (non-hydrogen) atoms. The number of nitrogens with one attached hydrogen (secondary N) is 3. The van der Waals surface area contributed by atoms with Crippen molar-refractivity contribution < 1.29 is 34.3 Å². The number of hydrogen-bond acceptors (Lipinski definition) is 7. The lowest BCUT2D eigenvalue weighted by Crippen LogP contribution is -2.56. The number of nitro groups is 1. The van der Waals surface area contributed by atoms with E-state index in [1.54, 1.807) is 22.6 Å². The third-order valence-electron chi connectivity index (χ3n) is 5.69. The number of carboxylic acid groups (broad SMARTS) is 1. The van der Waals surface area contributed by atoms with E-state index >= 15 is 0 Å². The third kappa shape index (κ3) is 11.8. The van der Waals surface area contributed by atoms with Gasteiger partial charge in [0, 0.05) is 6.07 Å². The average molecular weight is 663 g/mol. The number of halogens is 1. The van der Waals surface area contributed by atoms with E-state index in [-0.39, 0.29) is 52.6 Å². The van der Waals surface area contributed by atoms with Crippen molar-refractivity contribution in [1.82, 2.24) is 16.0 Å². The van der Waals surface area contributed by atoms with Crippen molar-refractivity contribution in [2.45, 2.75) is 85.4 Å². The minimum Gasteiger partial charge on any atom is -0.501 e. The predicted octanol–water partition coefficient (Wildman–Crippen LogP) is 3.12. The first-order valence-electron chi connectivity index (χ1n) is 12.8. The number of aliphatic carboxylic acids is 1. The molecule has 0 heterocycles. The molecule has 13 heteroatoms. The fourth-order valence-corrected chi connectivity index (χ4v) is 4.63. The van der Waals surface area contributed by atoms with Crippen LogP contribution in [0.25, 0.3) is 0 Å². The summed E-state index contributed by atoms with van der Waals surface area (Å²) in [6, 6.07) is -0.573. The van der Waals surface area contributed by atoms with Gasteiger partial charge in [0.1, 0.15) is 18.1 Å². The molecule has 0 radical (unpaired) electrons. The van der Waals surface area contributed by atoms with Crippen molar-refractivity contribution in [3.05, 3.63) is 31.4 Å². The number of phenols is 1. The number of aromatic hydroxyl groups is 1. The number of amides is 3. The topological polar surface area (TPSA) is 188 Å². The summed E-state index contributed by atoms with van der Waals surface area (Å²) < 4.78 is 0.209. The van der Waals surface area contributed by atoms with E-state index in [0.29, 0.717) is 0 Å². The van der Waals surface area contributed by atoms with Crippen LogP contribution in [0.15, 0.2) is 12.1 Å². The predicted molar refractivity (Wildman–Crippen MR) is 153 cm³/mol. The fourth-order valence-electron chi connectivity index (χ4n) is 3.95. The Labute approximate surface area is 242 Å². The molecule has 0 saturated heterocycles. The molecule has 0 aromatic heterocycles. The van der Waals surface area contributed by atoms with Crippen molar-refractivity contribution in [2.75, 3.05) is 0 Å². The van der Waals surface area contributed by atoms with Crippen LogP contribution in [0, 0.1) is 31.4 Å². The zero-order valence-corrected chi connectivity index (χ0v) is 25.3. The summed E-state index contributed by atoms with van der Waals surface area (Å²) in [7, 11) is 0. The van der Waals surface area contributed by atoms with Crippen molar-refractivity contribution >= 4 is 52.0 Å². The van der Waals surface area contributed by atoms with E-state index < -0.39 is 58.2 Å². The second-order valence-electron chi connectivity index (χ2n) is 10.8. The highest BCUT2D eigenvalue weighted by Crippen LogP contribution is 2.32. The van der Waals surface area contributed by atoms with E-state index in [2.05, 4.69) is 16.0 Å². The van der Waals surface area contributed by atoms with Crippen molar-refractivity contribution in [1.29, 1.82) is 0 Å². The van der Waals surface area contributed by atoms with Gasteiger partial charge in [-0.05, 0) is 71.2 Å². The van der Waals surface area contributed by atoms with Crippen LogP contribution in [0.4, 0.5) is 5.69 Å². The van der Waals surface area contributed by atoms with Crippen LogP contribution >= 0.6 is 22.6 Å². The molecule has 5 N–H and O–H groups in total. The van der Waals surface area contributed by atoms with E-state index in [9.17, 15) is 39.5 Å². The van der Waals surface area contributed by atoms with Crippen LogP contribution in [-0.2, 0) is 25.6 Å². The number of benzene rings is 1. The van der Waals surface area contributed by atoms with Crippen LogP contribution in [0.2, 0.25) is 0 Å². The molecule has 1 rings (SSSR count). The Balaban J connectivity index is 3.08. The lowest BCUT2D eigenvalue weighted by molar-refractivity contribution is -0.386. The summed E-state index contributed by atoms with van der Waals surface area (Å²) in [6.45, 7) is 11.1. The maximum Gasteiger partial charge on any atom is 0.326 e. The molecular formula is C26H39IN4O8. The number of nitro benzene ring substituents is 1. The van der Waals surface area contributed by atoms with Crippen molar-refractivity contribution in [2.24, 2.45) is 17.8 Å². The largest absolute Gasteiger partial charge is 0.501 e. The zero-order chi connectivity index (χ0) is 30.0. The normalized spacial score (nSPS) is 13.6. The van der Waals surface area contributed by atoms with Gasteiger partial charge in [-0.25, -0.2) is 4.79 Å². The summed E-state index contributed by atoms with van der Waals surface area (Å²) >= 11 is 1.73. The van der Waals surface area contributed by atoms with Crippen LogP contribution in [0.3, 0.4) is 0 Å². The SMILES string of the molecule is CC(C)C[C@H](NC(=O)[C@H](CC(C)C)NC(=O)[C@H](CC(C)C)NC(=O)Cc1cc(I)c(O)c([N+](=O)[O-])c1)C(=O)O. The number of phenolic OH excluding ortho intramolecular Hbond substituents is 1. The van der Waals surface area contributed by atoms with Crippen molar-refractivity contribution in [3.63, 3.8) is 0 Å². The number of hydrogen-bond donors (Lipinski definition) is 5. The molecule has 3 amide bonds. The average Bonchev–Trinajstić information content (AvgIpc) is 2.78. The summed E-state index contributed by atoms with van der Waals surface area (Å²) in [5.41, 5.74) is -0.243. The fraction of sp³-hybridized carbons (Fsp3) is 0.615. The number of carbonyl (C=O) groups excluding carboxylic acids is 3. The molecule has 0 spiro atoms. The molecule has 3 atom stereocenters. The molecule has 0 unspecified atom stereocenters. The van der Waals surface area contributed by atoms with Crippen LogP contribution in [0.1, 0.15) is 66.4 Å². The highest BCUT2D eigenvalue weighted by Gasteiger charge is 2.31. The molecule has 0 aliphatic rings. The number of carboxylic acids is 1. The van der Waals surface area contributed by atoms with E-state index in [0.717, 1.165) is 6.07 Å². The Bertz CT molecular complexity index is 1060. The summed E-state index contributed by atoms with van der Waals surface area (Å²) in [5.74, 6) is -3.43. The van der Waals surface area contributed by atoms with Gasteiger partial charge >= 0.3 is 11.7 Å². The van der Waals surface area contributed by atoms with E-state index in [1.807, 2.05) is 41.5 Å². The van der Waals surface area contributed by atoms with Crippen LogP contribution in [0.5, 0.6) is 5.75 Å². The Hall–Kier alpha value is -2.97. The van der Waals surface area contributed by atoms with Gasteiger partial charge in [-0.15, -0.1) is 0 Å². The summed E-state index contributed by atoms with van der Waals surface area (Å²) in [5, 5.41) is 38.5. The molecular weight excluding hydrogens is 623 g/mol. The molecule has 12 nitrogen and oxygen atoms in total. The molecule has 0 bridgehead atoms. The minimum absolute atomic E-state index is 0.000302. The number of carbonyl (C=O) groups is 4. The molecule has 1 aromatic rings. The minimum atomic E-state index is -1.17. The first-order valence-corrected chi connectivity index (χ1v) is 13.9. The smallest absolute Gasteiger partial charge is 0.326 e. The highest BCUT2D eigenvalue weighted by molar-refractivity contribution is 14.1. The first kappa shape index (κ1) is 34.1. The second kappa shape index (κ2) is 15.6. The zero-order valence-electron chi connectivity index (χ0n) is 23.1. The Morgan fingerprint density at radius 1 is 0.846 bits per heavy atom. The third-order valence-corrected chi connectivity index (χ3v) is 6.51. The van der Waals surface area contributed by atoms with Gasteiger partial charge in [0.2, 0.25) is 23.5 Å². The standard InChI is InChI=1S/C26H39IN4O8/c1-13(2)7-18(28-22(32)12-16-10-17(27)23(33)21(11-16)31(38)39)24(34)29-19(8-14(3)4)25(35)30-20(26(36)37)9-15(5)6/h10-11,13-15,18-20,33H,7-9,12H2,1-6H3,(H,28,32)(H,29,34)(H,30,35)(H,36,37)/t18-,19-,20-/m0/s1. The molecule has 0 aliphatic carbocycles. The van der Waals surface area contributed by atoms with Crippen LogP contribution in [-0.4, -0.2) is 57.0 Å². The molecule has 0 saturated carbocycles. The van der Waals surface area contributed by atoms with Crippen LogP contribution < -0.4 is 16.0 Å². The number of rotatable bonds is 15. The lowest BCUT2D eigenvalue weighted by atomic mass is 9.99. The maximum atomic E-state index is 13.3. The quantitative estimate of drug-likeness (QED) is 0.108. The van der Waals surface area contributed by atoms with E-state index in [4.69, 9.17) is 0 Å². The molecule has 0 fully saturated rings. The van der Waals surface area contributed by atoms with Gasteiger partial charge in [0.05, 0.1) is 14.9 Å². The summed E-state index contributed by atoms with van der Waals surface area (Å²) in [4.78, 5) is 61.2. The monoisotopic (exact) mass is 662 g/mol. The van der Waals surface area contributed by atoms with E-state index in [1.165, 1.54) is 6.07 Å². The maximum absolute atomic E-state index is 13.3. The van der Waals surface area contributed by atoms with Gasteiger partial charge in [0.25, 0.3) is 0 Å². The Morgan fingerprint density at radius 2 is 1.28 bits per heavy atom. The molecule has 1 aromatic carbocycles. The Morgan fingerprint density at radius 3 is 1.72 bits per heavy atom. The lowest BCUT2D eigenvalue weighted by Gasteiger charge is -2.26. The summed E-state index contributed by atoms with van der Waals surface area (Å²) in [6.07, 6.45) is 0.462. The van der Waals surface area contributed by atoms with Crippen molar-refractivity contribution in [3.8, 4) is 5.75 Å². The highest BCUT2D eigenvalue weighted by atomic mass is 127. The first-order chi connectivity index (χ1) is 18.0. The molecule has 218 valence electrons.